The van der Waals surface area contributed by atoms with Crippen LogP contribution in [0.25, 0.3) is 21.5 Å². The predicted molar refractivity (Wildman–Crippen MR) is 219 cm³/mol. The van der Waals surface area contributed by atoms with E-state index in [2.05, 4.69) is 184 Å². The molecule has 1 unspecified atom stereocenters. The summed E-state index contributed by atoms with van der Waals surface area (Å²) in [5.41, 5.74) is 12.2. The molecule has 0 fully saturated rings. The first kappa shape index (κ1) is 33.1. The van der Waals surface area contributed by atoms with Gasteiger partial charge in [0.15, 0.2) is 0 Å². The second kappa shape index (κ2) is 12.9. The van der Waals surface area contributed by atoms with E-state index in [0.717, 1.165) is 32.5 Å². The van der Waals surface area contributed by atoms with E-state index in [1.807, 2.05) is 0 Å². The number of nitrogens with one attached hydrogen (secondary N) is 1. The van der Waals surface area contributed by atoms with Gasteiger partial charge in [0.2, 0.25) is 0 Å². The number of anilines is 2. The van der Waals surface area contributed by atoms with Crippen molar-refractivity contribution in [3.63, 3.8) is 0 Å². The summed E-state index contributed by atoms with van der Waals surface area (Å²) in [5.74, 6) is 0. The molecule has 258 valence electrons. The van der Waals surface area contributed by atoms with Crippen molar-refractivity contribution in [1.82, 2.24) is 5.32 Å². The lowest BCUT2D eigenvalue weighted by Crippen LogP contribution is -2.39. The first-order chi connectivity index (χ1) is 24.7. The molecule has 5 aromatic carbocycles. The quantitative estimate of drug-likeness (QED) is 0.177. The van der Waals surface area contributed by atoms with Crippen LogP contribution in [0.1, 0.15) is 71.1 Å². The topological polar surface area (TPSA) is 18.5 Å². The first-order valence-electron chi connectivity index (χ1n) is 18.9. The molecule has 0 saturated heterocycles. The highest BCUT2D eigenvalue weighted by molar-refractivity contribution is 5.95. The summed E-state index contributed by atoms with van der Waals surface area (Å²) in [4.78, 5) is 5.13. The number of hydrogen-bond acceptors (Lipinski definition) is 3. The molecular weight excluding hydrogens is 619 g/mol. The van der Waals surface area contributed by atoms with Crippen LogP contribution < -0.4 is 15.1 Å². The molecule has 3 nitrogen and oxygen atoms in total. The Morgan fingerprint density at radius 2 is 1.33 bits per heavy atom. The smallest absolute Gasteiger partial charge is 0.0568 e. The highest BCUT2D eigenvalue weighted by Gasteiger charge is 2.44. The Hall–Kier alpha value is -5.02. The van der Waals surface area contributed by atoms with E-state index in [0.29, 0.717) is 0 Å². The van der Waals surface area contributed by atoms with Crippen LogP contribution in [-0.2, 0) is 17.4 Å². The summed E-state index contributed by atoms with van der Waals surface area (Å²) in [5, 5.41) is 9.30. The van der Waals surface area contributed by atoms with Crippen LogP contribution in [0.4, 0.5) is 11.4 Å². The highest BCUT2D eigenvalue weighted by atomic mass is 15.2. The minimum atomic E-state index is -0.108. The Kier molecular flexibility index (Phi) is 8.41. The molecule has 1 atom stereocenters. The molecule has 5 aromatic rings. The fraction of sp³-hybridized carbons (Fsp3) is 0.292. The average molecular weight is 670 g/mol. The van der Waals surface area contributed by atoms with Gasteiger partial charge in [-0.2, -0.15) is 0 Å². The number of fused-ring (bicyclic) bond motifs is 6. The maximum atomic E-state index is 3.93. The number of likely N-dealkylation sites (N-methyl/N-ethyl adjacent to an activating group) is 2. The molecule has 0 amide bonds. The third kappa shape index (κ3) is 5.49. The van der Waals surface area contributed by atoms with Gasteiger partial charge in [0.05, 0.1) is 6.04 Å². The molecule has 2 heterocycles. The summed E-state index contributed by atoms with van der Waals surface area (Å²) >= 11 is 0. The lowest BCUT2D eigenvalue weighted by molar-refractivity contribution is 0.481. The van der Waals surface area contributed by atoms with Crippen LogP contribution >= 0.6 is 0 Å². The van der Waals surface area contributed by atoms with Crippen molar-refractivity contribution < 1.29 is 0 Å². The maximum absolute atomic E-state index is 3.93. The highest BCUT2D eigenvalue weighted by Crippen LogP contribution is 2.51. The van der Waals surface area contributed by atoms with Gasteiger partial charge in [0, 0.05) is 53.2 Å². The summed E-state index contributed by atoms with van der Waals surface area (Å²) in [6, 6.07) is 38.0. The minimum absolute atomic E-state index is 0.0283. The molecule has 0 radical (unpaired) electrons. The van der Waals surface area contributed by atoms with E-state index in [1.165, 1.54) is 72.2 Å². The predicted octanol–water partition coefficient (Wildman–Crippen LogP) is 11.5. The second-order valence-electron chi connectivity index (χ2n) is 15.5. The van der Waals surface area contributed by atoms with Crippen LogP contribution in [0.2, 0.25) is 0 Å². The lowest BCUT2D eigenvalue weighted by Gasteiger charge is -2.32. The van der Waals surface area contributed by atoms with E-state index in [4.69, 9.17) is 0 Å². The molecule has 51 heavy (non-hydrogen) atoms. The summed E-state index contributed by atoms with van der Waals surface area (Å²) < 4.78 is 0. The Balaban J connectivity index is 1.17. The van der Waals surface area contributed by atoms with Crippen LogP contribution in [0, 0.1) is 0 Å². The fourth-order valence-corrected chi connectivity index (χ4v) is 9.41. The van der Waals surface area contributed by atoms with E-state index in [9.17, 15) is 0 Å². The lowest BCUT2D eigenvalue weighted by atomic mass is 9.78. The number of nitrogens with zero attached hydrogens (tertiary/aromatic N) is 2. The molecule has 0 aromatic heterocycles. The van der Waals surface area contributed by atoms with Crippen molar-refractivity contribution >= 4 is 32.9 Å². The van der Waals surface area contributed by atoms with Crippen molar-refractivity contribution in [1.29, 1.82) is 0 Å². The molecule has 0 bridgehead atoms. The maximum Gasteiger partial charge on any atom is 0.0568 e. The molecular formula is C48H51N3. The van der Waals surface area contributed by atoms with Crippen molar-refractivity contribution in [2.75, 3.05) is 22.9 Å². The van der Waals surface area contributed by atoms with E-state index in [-0.39, 0.29) is 16.9 Å². The largest absolute Gasteiger partial charge is 0.381 e. The number of hydrogen-bond donors (Lipinski definition) is 1. The van der Waals surface area contributed by atoms with Crippen LogP contribution in [0.5, 0.6) is 0 Å². The van der Waals surface area contributed by atoms with Gasteiger partial charge in [-0.3, -0.25) is 0 Å². The molecule has 3 aliphatic rings. The van der Waals surface area contributed by atoms with Gasteiger partial charge in [-0.05, 0) is 94.3 Å². The number of benzene rings is 5. The zero-order valence-electron chi connectivity index (χ0n) is 31.1. The van der Waals surface area contributed by atoms with Gasteiger partial charge in [-0.15, -0.1) is 0 Å². The minimum Gasteiger partial charge on any atom is -0.381 e. The standard InChI is InChI=1S/C48H51N3/c1-7-50-40-28-24-34-18-12-14-20-38(34)44(40)47(3,4)42(50)30-26-36-22-23-37(46(36)49-32-33-16-10-9-11-17-33)27-31-43-48(5,6)45-39-21-15-13-19-35(39)25-29-41(45)51(43)8-2/h9-21,24-31,42,49H,7-8,22-23,32H2,1-6H3. The van der Waals surface area contributed by atoms with E-state index < -0.39 is 0 Å². The zero-order valence-corrected chi connectivity index (χ0v) is 31.1. The first-order valence-corrected chi connectivity index (χ1v) is 18.9. The van der Waals surface area contributed by atoms with Crippen LogP contribution in [0.3, 0.4) is 0 Å². The van der Waals surface area contributed by atoms with Crippen molar-refractivity contribution in [2.24, 2.45) is 0 Å². The summed E-state index contributed by atoms with van der Waals surface area (Å²) in [6.45, 7) is 17.0. The van der Waals surface area contributed by atoms with Gasteiger partial charge >= 0.3 is 0 Å². The SMILES string of the molecule is CCN1C(=CC=C2CCC(C=CC3N(CC)c4ccc5ccccc5c4C3(C)C)=C2NCc2ccccc2)C(C)(C)c2c1ccc1ccccc21. The Bertz CT molecular complexity index is 2250. The summed E-state index contributed by atoms with van der Waals surface area (Å²) in [6.07, 6.45) is 11.8. The van der Waals surface area contributed by atoms with Crippen molar-refractivity contribution in [3.8, 4) is 0 Å². The molecule has 1 N–H and O–H groups in total. The van der Waals surface area contributed by atoms with Crippen molar-refractivity contribution in [3.05, 3.63) is 167 Å². The molecule has 8 rings (SSSR count). The third-order valence-corrected chi connectivity index (χ3v) is 11.9. The van der Waals surface area contributed by atoms with Gasteiger partial charge in [-0.25, -0.2) is 0 Å². The van der Waals surface area contributed by atoms with Gasteiger partial charge in [0.1, 0.15) is 0 Å². The molecule has 0 spiro atoms. The molecule has 0 saturated carbocycles. The number of rotatable bonds is 8. The average Bonchev–Trinajstić information content (AvgIpc) is 3.72. The van der Waals surface area contributed by atoms with Crippen LogP contribution in [-0.4, -0.2) is 19.1 Å². The van der Waals surface area contributed by atoms with Crippen molar-refractivity contribution in [2.45, 2.75) is 77.8 Å². The summed E-state index contributed by atoms with van der Waals surface area (Å²) in [7, 11) is 0. The van der Waals surface area contributed by atoms with Crippen LogP contribution in [0.15, 0.2) is 150 Å². The molecule has 1 aliphatic carbocycles. The second-order valence-corrected chi connectivity index (χ2v) is 15.5. The Morgan fingerprint density at radius 3 is 2.02 bits per heavy atom. The van der Waals surface area contributed by atoms with Gasteiger partial charge in [0.25, 0.3) is 0 Å². The monoisotopic (exact) mass is 669 g/mol. The van der Waals surface area contributed by atoms with E-state index >= 15 is 0 Å². The third-order valence-electron chi connectivity index (χ3n) is 11.9. The van der Waals surface area contributed by atoms with Gasteiger partial charge in [-0.1, -0.05) is 137 Å². The van der Waals surface area contributed by atoms with E-state index in [1.54, 1.807) is 0 Å². The fourth-order valence-electron chi connectivity index (χ4n) is 9.41. The zero-order chi connectivity index (χ0) is 35.3. The molecule has 2 aliphatic heterocycles. The number of allylic oxidation sites excluding steroid dienone is 6. The Morgan fingerprint density at radius 1 is 0.686 bits per heavy atom. The normalized spacial score (nSPS) is 20.8. The van der Waals surface area contributed by atoms with Gasteiger partial charge < -0.3 is 15.1 Å². The Labute approximate surface area is 304 Å². The molecule has 3 heteroatoms.